The summed E-state index contributed by atoms with van der Waals surface area (Å²) in [5, 5.41) is 0. The lowest BCUT2D eigenvalue weighted by Gasteiger charge is -2.36. The highest BCUT2D eigenvalue weighted by Crippen LogP contribution is 2.48. The van der Waals surface area contributed by atoms with Gasteiger partial charge in [-0.3, -0.25) is 4.90 Å². The fourth-order valence-corrected chi connectivity index (χ4v) is 4.52. The SMILES string of the molecule is CCC1=C(C(=O)OC)C(c2ccccc2)N2C(=N1)N(CCCOC)c1ccc(C(=O)OC)cc12. The topological polar surface area (TPSA) is 80.7 Å². The Balaban J connectivity index is 1.95. The van der Waals surface area contributed by atoms with Crippen LogP contribution in [0, 0.1) is 0 Å². The molecule has 0 spiro atoms. The minimum atomic E-state index is -0.463. The van der Waals surface area contributed by atoms with E-state index in [1.165, 1.54) is 14.2 Å². The van der Waals surface area contributed by atoms with Crippen LogP contribution in [0.3, 0.4) is 0 Å². The number of fused-ring (bicyclic) bond motifs is 3. The Morgan fingerprint density at radius 2 is 1.71 bits per heavy atom. The summed E-state index contributed by atoms with van der Waals surface area (Å²) in [6.07, 6.45) is 1.35. The van der Waals surface area contributed by atoms with Crippen molar-refractivity contribution in [1.29, 1.82) is 0 Å². The van der Waals surface area contributed by atoms with Crippen molar-refractivity contribution < 1.29 is 23.8 Å². The number of allylic oxidation sites excluding steroid dienone is 1. The number of hydrogen-bond donors (Lipinski definition) is 0. The van der Waals surface area contributed by atoms with Gasteiger partial charge in [0.15, 0.2) is 0 Å². The van der Waals surface area contributed by atoms with Gasteiger partial charge in [0.05, 0.1) is 48.5 Å². The van der Waals surface area contributed by atoms with Crippen molar-refractivity contribution in [3.63, 3.8) is 0 Å². The summed E-state index contributed by atoms with van der Waals surface area (Å²) in [6.45, 7) is 3.25. The molecule has 0 fully saturated rings. The number of esters is 2. The van der Waals surface area contributed by atoms with E-state index in [9.17, 15) is 9.59 Å². The Kier molecular flexibility index (Phi) is 6.98. The van der Waals surface area contributed by atoms with Gasteiger partial charge in [-0.25, -0.2) is 14.6 Å². The lowest BCUT2D eigenvalue weighted by atomic mass is 9.93. The molecule has 0 amide bonds. The van der Waals surface area contributed by atoms with Gasteiger partial charge in [0, 0.05) is 20.3 Å². The van der Waals surface area contributed by atoms with Crippen molar-refractivity contribution in [1.82, 2.24) is 0 Å². The number of hydrogen-bond acceptors (Lipinski definition) is 8. The van der Waals surface area contributed by atoms with E-state index in [1.807, 2.05) is 48.2 Å². The lowest BCUT2D eigenvalue weighted by Crippen LogP contribution is -2.45. The van der Waals surface area contributed by atoms with Gasteiger partial charge in [0.25, 0.3) is 0 Å². The fourth-order valence-electron chi connectivity index (χ4n) is 4.52. The van der Waals surface area contributed by atoms with Crippen molar-refractivity contribution in [2.24, 2.45) is 4.99 Å². The minimum Gasteiger partial charge on any atom is -0.466 e. The molecule has 0 aromatic heterocycles. The van der Waals surface area contributed by atoms with E-state index in [4.69, 9.17) is 19.2 Å². The maximum absolute atomic E-state index is 13.1. The number of nitrogens with zero attached hydrogens (tertiary/aromatic N) is 3. The Morgan fingerprint density at radius 1 is 0.971 bits per heavy atom. The molecule has 2 aromatic carbocycles. The zero-order chi connectivity index (χ0) is 24.2. The van der Waals surface area contributed by atoms with Gasteiger partial charge < -0.3 is 19.1 Å². The molecule has 2 aliphatic rings. The monoisotopic (exact) mass is 463 g/mol. The second-order valence-electron chi connectivity index (χ2n) is 7.99. The molecule has 8 nitrogen and oxygen atoms in total. The van der Waals surface area contributed by atoms with Crippen LogP contribution >= 0.6 is 0 Å². The highest BCUT2D eigenvalue weighted by Gasteiger charge is 2.45. The zero-order valence-electron chi connectivity index (χ0n) is 19.9. The second-order valence-corrected chi connectivity index (χ2v) is 7.99. The van der Waals surface area contributed by atoms with Gasteiger partial charge in [-0.15, -0.1) is 0 Å². The van der Waals surface area contributed by atoms with E-state index in [2.05, 4.69) is 4.90 Å². The van der Waals surface area contributed by atoms with Crippen LogP contribution in [0.15, 0.2) is 64.8 Å². The van der Waals surface area contributed by atoms with E-state index in [0.717, 1.165) is 23.4 Å². The Bertz CT molecular complexity index is 1140. The van der Waals surface area contributed by atoms with Crippen LogP contribution in [0.5, 0.6) is 0 Å². The van der Waals surface area contributed by atoms with Crippen LogP contribution in [0.4, 0.5) is 11.4 Å². The summed E-state index contributed by atoms with van der Waals surface area (Å²) >= 11 is 0. The average Bonchev–Trinajstić information content (AvgIpc) is 3.19. The van der Waals surface area contributed by atoms with Crippen LogP contribution in [0.25, 0.3) is 0 Å². The number of carbonyl (C=O) groups excluding carboxylic acids is 2. The second kappa shape index (κ2) is 10.1. The van der Waals surface area contributed by atoms with E-state index in [0.29, 0.717) is 42.4 Å². The molecule has 1 atom stereocenters. The van der Waals surface area contributed by atoms with Gasteiger partial charge in [-0.05, 0) is 36.6 Å². The molecule has 8 heteroatoms. The largest absolute Gasteiger partial charge is 0.466 e. The first-order valence-electron chi connectivity index (χ1n) is 11.3. The first-order valence-corrected chi connectivity index (χ1v) is 11.3. The van der Waals surface area contributed by atoms with Gasteiger partial charge in [-0.1, -0.05) is 37.3 Å². The molecular weight excluding hydrogens is 434 g/mol. The van der Waals surface area contributed by atoms with Crippen LogP contribution in [-0.2, 0) is 19.0 Å². The van der Waals surface area contributed by atoms with E-state index >= 15 is 0 Å². The molecule has 2 heterocycles. The number of anilines is 2. The smallest absolute Gasteiger partial charge is 0.338 e. The number of methoxy groups -OCH3 is 3. The molecule has 1 unspecified atom stereocenters. The average molecular weight is 464 g/mol. The van der Waals surface area contributed by atoms with Gasteiger partial charge >= 0.3 is 11.9 Å². The lowest BCUT2D eigenvalue weighted by molar-refractivity contribution is -0.136. The van der Waals surface area contributed by atoms with Gasteiger partial charge in [0.2, 0.25) is 5.96 Å². The maximum Gasteiger partial charge on any atom is 0.338 e. The van der Waals surface area contributed by atoms with Crippen molar-refractivity contribution in [3.8, 4) is 0 Å². The minimum absolute atomic E-state index is 0.419. The molecular formula is C26H29N3O5. The normalized spacial score (nSPS) is 16.7. The summed E-state index contributed by atoms with van der Waals surface area (Å²) in [5.74, 6) is -0.131. The molecule has 34 heavy (non-hydrogen) atoms. The standard InChI is InChI=1S/C26H29N3O5/c1-5-19-22(25(31)34-4)23(17-10-7-6-8-11-17)29-21-16-18(24(30)33-3)12-13-20(21)28(26(29)27-19)14-9-15-32-2/h6-8,10-13,16,23H,5,9,14-15H2,1-4H3. The Hall–Kier alpha value is -3.65. The van der Waals surface area contributed by atoms with Crippen LogP contribution in [-0.4, -0.2) is 52.4 Å². The summed E-state index contributed by atoms with van der Waals surface area (Å²) in [6, 6.07) is 14.8. The van der Waals surface area contributed by atoms with E-state index in [1.54, 1.807) is 19.2 Å². The molecule has 178 valence electrons. The predicted molar refractivity (Wildman–Crippen MR) is 130 cm³/mol. The predicted octanol–water partition coefficient (Wildman–Crippen LogP) is 4.08. The molecule has 0 aliphatic carbocycles. The third-order valence-corrected chi connectivity index (χ3v) is 6.07. The molecule has 0 bridgehead atoms. The summed E-state index contributed by atoms with van der Waals surface area (Å²) < 4.78 is 15.4. The summed E-state index contributed by atoms with van der Waals surface area (Å²) in [5.41, 5.74) is 4.22. The van der Waals surface area contributed by atoms with Crippen molar-refractivity contribution in [3.05, 3.63) is 70.9 Å². The first-order chi connectivity index (χ1) is 16.5. The Labute approximate surface area is 199 Å². The Morgan fingerprint density at radius 3 is 2.35 bits per heavy atom. The molecule has 2 aliphatic heterocycles. The third kappa shape index (κ3) is 4.05. The molecule has 0 N–H and O–H groups in total. The third-order valence-electron chi connectivity index (χ3n) is 6.07. The van der Waals surface area contributed by atoms with Crippen molar-refractivity contribution in [2.45, 2.75) is 25.8 Å². The van der Waals surface area contributed by atoms with Crippen LogP contribution in [0.1, 0.15) is 41.7 Å². The maximum atomic E-state index is 13.1. The fraction of sp³-hybridized carbons (Fsp3) is 0.346. The first kappa shape index (κ1) is 23.5. The molecule has 2 aromatic rings. The number of aliphatic imine (C=N–C) groups is 1. The van der Waals surface area contributed by atoms with Crippen molar-refractivity contribution in [2.75, 3.05) is 44.3 Å². The number of guanidine groups is 1. The molecule has 4 rings (SSSR count). The zero-order valence-corrected chi connectivity index (χ0v) is 19.9. The number of rotatable bonds is 8. The number of ether oxygens (including phenoxy) is 3. The van der Waals surface area contributed by atoms with Gasteiger partial charge in [-0.2, -0.15) is 0 Å². The van der Waals surface area contributed by atoms with Gasteiger partial charge in [0.1, 0.15) is 0 Å². The molecule has 0 radical (unpaired) electrons. The van der Waals surface area contributed by atoms with Crippen LogP contribution in [0.2, 0.25) is 0 Å². The summed E-state index contributed by atoms with van der Waals surface area (Å²) in [4.78, 5) is 34.5. The molecule has 0 saturated carbocycles. The molecule has 0 saturated heterocycles. The van der Waals surface area contributed by atoms with E-state index in [-0.39, 0.29) is 0 Å². The highest BCUT2D eigenvalue weighted by molar-refractivity contribution is 6.19. The van der Waals surface area contributed by atoms with Crippen molar-refractivity contribution >= 4 is 29.3 Å². The highest BCUT2D eigenvalue weighted by atomic mass is 16.5. The van der Waals surface area contributed by atoms with Crippen LogP contribution < -0.4 is 9.80 Å². The van der Waals surface area contributed by atoms with E-state index < -0.39 is 18.0 Å². The quantitative estimate of drug-likeness (QED) is 0.431. The summed E-state index contributed by atoms with van der Waals surface area (Å²) in [7, 11) is 4.42. The number of carbonyl (C=O) groups is 2. The number of benzene rings is 2.